The number of H-pyrrole nitrogens is 1. The fourth-order valence-electron chi connectivity index (χ4n) is 1.50. The van der Waals surface area contributed by atoms with Crippen molar-refractivity contribution in [1.29, 1.82) is 0 Å². The highest BCUT2D eigenvalue weighted by Gasteiger charge is 2.02. The maximum absolute atomic E-state index is 8.56. The number of benzene rings is 1. The summed E-state index contributed by atoms with van der Waals surface area (Å²) in [6, 6.07) is 6.18. The quantitative estimate of drug-likeness (QED) is 0.761. The van der Waals surface area contributed by atoms with E-state index in [9.17, 15) is 0 Å². The molecule has 0 atom stereocenters. The van der Waals surface area contributed by atoms with Gasteiger partial charge in [0.2, 0.25) is 0 Å². The van der Waals surface area contributed by atoms with E-state index in [1.807, 2.05) is 12.1 Å². The first-order valence-electron chi connectivity index (χ1n) is 5.35. The molecule has 0 saturated heterocycles. The summed E-state index contributed by atoms with van der Waals surface area (Å²) in [4.78, 5) is 8.56. The van der Waals surface area contributed by atoms with E-state index in [0.29, 0.717) is 0 Å². The van der Waals surface area contributed by atoms with Gasteiger partial charge in [0.1, 0.15) is 5.52 Å². The molecule has 0 radical (unpaired) electrons. The summed E-state index contributed by atoms with van der Waals surface area (Å²) in [7, 11) is 0. The minimum Gasteiger partial charge on any atom is -0.450 e. The van der Waals surface area contributed by atoms with Crippen molar-refractivity contribution in [2.24, 2.45) is 0 Å². The number of aromatic nitrogens is 3. The van der Waals surface area contributed by atoms with E-state index in [1.165, 1.54) is 18.4 Å². The van der Waals surface area contributed by atoms with E-state index < -0.39 is 6.16 Å². The van der Waals surface area contributed by atoms with Crippen LogP contribution in [0.4, 0.5) is 4.79 Å². The van der Waals surface area contributed by atoms with Crippen molar-refractivity contribution in [3.63, 3.8) is 0 Å². The Bertz CT molecular complexity index is 478. The number of rotatable bonds is 3. The number of unbranched alkanes of at least 4 members (excludes halogenated alkanes) is 1. The molecule has 2 aromatic rings. The summed E-state index contributed by atoms with van der Waals surface area (Å²) in [5, 5.41) is 24.7. The number of hydrogen-bond acceptors (Lipinski definition) is 3. The van der Waals surface area contributed by atoms with Gasteiger partial charge < -0.3 is 10.2 Å². The second-order valence-corrected chi connectivity index (χ2v) is 3.51. The van der Waals surface area contributed by atoms with Crippen molar-refractivity contribution < 1.29 is 15.0 Å². The highest BCUT2D eigenvalue weighted by Crippen LogP contribution is 2.15. The van der Waals surface area contributed by atoms with Gasteiger partial charge in [0.25, 0.3) is 0 Å². The number of aromatic amines is 1. The third kappa shape index (κ3) is 4.10. The Balaban J connectivity index is 0.000000317. The molecule has 1 heterocycles. The minimum absolute atomic E-state index is 1.02. The molecule has 1 aromatic heterocycles. The van der Waals surface area contributed by atoms with Gasteiger partial charge in [-0.3, -0.25) is 5.10 Å². The third-order valence-corrected chi connectivity index (χ3v) is 2.24. The average Bonchev–Trinajstić information content (AvgIpc) is 2.73. The Morgan fingerprint density at radius 3 is 2.76 bits per heavy atom. The van der Waals surface area contributed by atoms with E-state index in [0.717, 1.165) is 17.5 Å². The molecule has 0 saturated carbocycles. The van der Waals surface area contributed by atoms with Crippen LogP contribution in [0.5, 0.6) is 0 Å². The zero-order valence-electron chi connectivity index (χ0n) is 9.55. The zero-order valence-corrected chi connectivity index (χ0v) is 9.55. The summed E-state index contributed by atoms with van der Waals surface area (Å²) in [5.74, 6) is 0. The molecule has 1 aromatic carbocycles. The maximum Gasteiger partial charge on any atom is 0.503 e. The Morgan fingerprint density at radius 1 is 1.41 bits per heavy atom. The van der Waals surface area contributed by atoms with Crippen molar-refractivity contribution in [2.75, 3.05) is 0 Å². The molecule has 0 fully saturated rings. The van der Waals surface area contributed by atoms with Crippen LogP contribution in [0.15, 0.2) is 18.2 Å². The summed E-state index contributed by atoms with van der Waals surface area (Å²) in [6.07, 6.45) is 1.70. The highest BCUT2D eigenvalue weighted by atomic mass is 16.6. The van der Waals surface area contributed by atoms with Crippen LogP contribution in [0, 0.1) is 0 Å². The summed E-state index contributed by atoms with van der Waals surface area (Å²) >= 11 is 0. The van der Waals surface area contributed by atoms with Crippen molar-refractivity contribution >= 4 is 17.2 Å². The van der Waals surface area contributed by atoms with Crippen LogP contribution in [0.2, 0.25) is 0 Å². The SMILES string of the molecule is CCCCc1cccc2[nH]nnc12.O=C(O)O. The largest absolute Gasteiger partial charge is 0.503 e. The van der Waals surface area contributed by atoms with Gasteiger partial charge in [0, 0.05) is 0 Å². The van der Waals surface area contributed by atoms with Crippen LogP contribution < -0.4 is 0 Å². The maximum atomic E-state index is 8.56. The molecule has 6 nitrogen and oxygen atoms in total. The first-order valence-corrected chi connectivity index (χ1v) is 5.35. The second kappa shape index (κ2) is 6.47. The predicted molar refractivity (Wildman–Crippen MR) is 63.2 cm³/mol. The number of carbonyl (C=O) groups is 1. The van der Waals surface area contributed by atoms with Crippen LogP contribution in [0.25, 0.3) is 11.0 Å². The normalized spacial score (nSPS) is 9.71. The molecule has 0 bridgehead atoms. The van der Waals surface area contributed by atoms with Crippen LogP contribution in [-0.4, -0.2) is 31.8 Å². The van der Waals surface area contributed by atoms with Gasteiger partial charge in [-0.25, -0.2) is 4.79 Å². The molecule has 3 N–H and O–H groups in total. The molecule has 17 heavy (non-hydrogen) atoms. The number of hydrogen-bond donors (Lipinski definition) is 3. The van der Waals surface area contributed by atoms with Crippen LogP contribution >= 0.6 is 0 Å². The van der Waals surface area contributed by atoms with Crippen LogP contribution in [0.1, 0.15) is 25.3 Å². The molecule has 0 aliphatic heterocycles. The monoisotopic (exact) mass is 237 g/mol. The fourth-order valence-corrected chi connectivity index (χ4v) is 1.50. The van der Waals surface area contributed by atoms with E-state index in [4.69, 9.17) is 15.0 Å². The Hall–Kier alpha value is -2.11. The highest BCUT2D eigenvalue weighted by molar-refractivity contribution is 5.77. The lowest BCUT2D eigenvalue weighted by molar-refractivity contribution is 0.137. The number of nitrogens with one attached hydrogen (secondary N) is 1. The average molecular weight is 237 g/mol. The molecule has 6 heteroatoms. The number of nitrogens with zero attached hydrogens (tertiary/aromatic N) is 2. The lowest BCUT2D eigenvalue weighted by atomic mass is 10.1. The number of aryl methyl sites for hydroxylation is 1. The summed E-state index contributed by atoms with van der Waals surface area (Å²) in [5.41, 5.74) is 3.36. The van der Waals surface area contributed by atoms with Crippen molar-refractivity contribution in [3.8, 4) is 0 Å². The first-order chi connectivity index (χ1) is 8.15. The van der Waals surface area contributed by atoms with Gasteiger partial charge in [0.05, 0.1) is 5.52 Å². The molecule has 0 aliphatic carbocycles. The van der Waals surface area contributed by atoms with Gasteiger partial charge in [-0.05, 0) is 24.5 Å². The molecule has 0 amide bonds. The van der Waals surface area contributed by atoms with Gasteiger partial charge in [-0.15, -0.1) is 5.10 Å². The van der Waals surface area contributed by atoms with Crippen molar-refractivity contribution in [2.45, 2.75) is 26.2 Å². The smallest absolute Gasteiger partial charge is 0.450 e. The summed E-state index contributed by atoms with van der Waals surface area (Å²) < 4.78 is 0. The van der Waals surface area contributed by atoms with Crippen LogP contribution in [0.3, 0.4) is 0 Å². The Labute approximate surface area is 98.3 Å². The van der Waals surface area contributed by atoms with Gasteiger partial charge >= 0.3 is 6.16 Å². The van der Waals surface area contributed by atoms with E-state index in [2.05, 4.69) is 28.4 Å². The number of fused-ring (bicyclic) bond motifs is 1. The van der Waals surface area contributed by atoms with Gasteiger partial charge in [-0.2, -0.15) is 0 Å². The van der Waals surface area contributed by atoms with Crippen molar-refractivity contribution in [3.05, 3.63) is 23.8 Å². The number of carboxylic acid groups (broad SMARTS) is 2. The second-order valence-electron chi connectivity index (χ2n) is 3.51. The molecule has 0 aliphatic rings. The molecular formula is C11H15N3O3. The Morgan fingerprint density at radius 2 is 2.12 bits per heavy atom. The van der Waals surface area contributed by atoms with E-state index in [-0.39, 0.29) is 0 Å². The topological polar surface area (TPSA) is 99.1 Å². The van der Waals surface area contributed by atoms with Crippen molar-refractivity contribution in [1.82, 2.24) is 15.4 Å². The first kappa shape index (κ1) is 13.0. The molecule has 2 rings (SSSR count). The van der Waals surface area contributed by atoms with E-state index in [1.54, 1.807) is 0 Å². The lowest BCUT2D eigenvalue weighted by Crippen LogP contribution is -1.86. The molecule has 0 unspecified atom stereocenters. The fraction of sp³-hybridized carbons (Fsp3) is 0.364. The summed E-state index contributed by atoms with van der Waals surface area (Å²) in [6.45, 7) is 2.20. The molecule has 0 spiro atoms. The third-order valence-electron chi connectivity index (χ3n) is 2.24. The van der Waals surface area contributed by atoms with Gasteiger partial charge in [0.15, 0.2) is 0 Å². The lowest BCUT2D eigenvalue weighted by Gasteiger charge is -1.98. The Kier molecular flexibility index (Phi) is 4.93. The van der Waals surface area contributed by atoms with Crippen LogP contribution in [-0.2, 0) is 6.42 Å². The molecular weight excluding hydrogens is 222 g/mol. The molecule has 92 valence electrons. The predicted octanol–water partition coefficient (Wildman–Crippen LogP) is 2.52. The minimum atomic E-state index is -1.83. The van der Waals surface area contributed by atoms with E-state index >= 15 is 0 Å². The van der Waals surface area contributed by atoms with Gasteiger partial charge in [-0.1, -0.05) is 30.7 Å². The standard InChI is InChI=1S/C10H13N3.CH2O3/c1-2-3-5-8-6-4-7-9-10(8)12-13-11-9;2-1(3)4/h4,6-7H,2-3,5H2,1H3,(H,11,12,13);(H2,2,3,4). The zero-order chi connectivity index (χ0) is 12.7.